The zero-order valence-electron chi connectivity index (χ0n) is 22.2. The topological polar surface area (TPSA) is 75.7 Å². The van der Waals surface area contributed by atoms with Gasteiger partial charge in [-0.25, -0.2) is 8.42 Å². The molecule has 5 nitrogen and oxygen atoms in total. The van der Waals surface area contributed by atoms with Gasteiger partial charge in [0.2, 0.25) is 0 Å². The number of alkyl halides is 3. The van der Waals surface area contributed by atoms with Crippen molar-refractivity contribution >= 4 is 21.0 Å². The van der Waals surface area contributed by atoms with Crippen molar-refractivity contribution in [1.29, 1.82) is 0 Å². The highest BCUT2D eigenvalue weighted by atomic mass is 32.2. The first-order valence-corrected chi connectivity index (χ1v) is 14.5. The molecule has 0 saturated carbocycles. The molecule has 0 spiro atoms. The van der Waals surface area contributed by atoms with Gasteiger partial charge in [-0.15, -0.1) is 0 Å². The molecule has 38 heavy (non-hydrogen) atoms. The van der Waals surface area contributed by atoms with E-state index in [0.29, 0.717) is 0 Å². The van der Waals surface area contributed by atoms with Gasteiger partial charge in [0.1, 0.15) is 38.6 Å². The molecule has 0 saturated heterocycles. The first-order valence-electron chi connectivity index (χ1n) is 11.7. The molecule has 0 fully saturated rings. The van der Waals surface area contributed by atoms with Crippen LogP contribution in [0.3, 0.4) is 0 Å². The van der Waals surface area contributed by atoms with E-state index in [-0.39, 0.29) is 22.1 Å². The summed E-state index contributed by atoms with van der Waals surface area (Å²) in [5.74, 6) is -0.501. The summed E-state index contributed by atoms with van der Waals surface area (Å²) in [4.78, 5) is 3.82. The lowest BCUT2D eigenvalue weighted by Gasteiger charge is -2.21. The predicted molar refractivity (Wildman–Crippen MR) is 143 cm³/mol. The minimum atomic E-state index is -5.16. The zero-order chi connectivity index (χ0) is 28.8. The molecule has 0 aliphatic rings. The maximum Gasteiger partial charge on any atom is 0.401 e. The number of hydrogen-bond donors (Lipinski definition) is 0. The van der Waals surface area contributed by atoms with Crippen LogP contribution in [0.15, 0.2) is 93.5 Å². The van der Waals surface area contributed by atoms with E-state index in [1.54, 1.807) is 0 Å². The van der Waals surface area contributed by atoms with Gasteiger partial charge in [0, 0.05) is 0 Å². The molecule has 0 unspecified atom stereocenters. The van der Waals surface area contributed by atoms with Crippen LogP contribution in [0.4, 0.5) is 13.2 Å². The van der Waals surface area contributed by atoms with E-state index in [2.05, 4.69) is 120 Å². The molecule has 10 heteroatoms. The average molecular weight is 571 g/mol. The van der Waals surface area contributed by atoms with Crippen LogP contribution in [0.2, 0.25) is 0 Å². The van der Waals surface area contributed by atoms with E-state index in [1.165, 1.54) is 14.7 Å². The maximum atomic E-state index is 11.0. The number of benzene rings is 3. The molecule has 0 amide bonds. The molecule has 208 valence electrons. The quantitative estimate of drug-likeness (QED) is 0.231. The smallest absolute Gasteiger partial charge is 0.401 e. The van der Waals surface area contributed by atoms with Crippen LogP contribution in [0.1, 0.15) is 41.5 Å². The van der Waals surface area contributed by atoms with E-state index >= 15 is 0 Å². The molecule has 0 aromatic heterocycles. The fraction of sp³-hybridized carbons (Fsp3) is 0.357. The van der Waals surface area contributed by atoms with Crippen LogP contribution in [-0.4, -0.2) is 36.1 Å². The number of hydrogen-bond acceptors (Lipinski definition) is 5. The molecule has 0 aliphatic heterocycles. The van der Waals surface area contributed by atoms with Gasteiger partial charge in [0.15, 0.2) is 14.7 Å². The minimum absolute atomic E-state index is 0.189. The van der Waals surface area contributed by atoms with Crippen LogP contribution in [0.5, 0.6) is 11.5 Å². The zero-order valence-corrected chi connectivity index (χ0v) is 23.8. The Morgan fingerprint density at radius 1 is 0.658 bits per heavy atom. The van der Waals surface area contributed by atoms with E-state index in [0.717, 1.165) is 11.5 Å². The van der Waals surface area contributed by atoms with Crippen molar-refractivity contribution in [3.8, 4) is 11.5 Å². The molecule has 0 bridgehead atoms. The molecule has 3 rings (SSSR count). The standard InChI is InChI=1S/C26H31O2S.C2H3F3O3S/c1-25(2,3)27-20-12-16-23(17-13-20)29(22-10-8-7-9-11-22)24-18-14-21(15-19-24)28-26(4,5)6;3-2(4,5)1-9(6,7)8/h7-19H,1-6H3;1H2,(H,6,7,8)/q+1;/p-1. The normalized spacial score (nSPS) is 12.5. The van der Waals surface area contributed by atoms with E-state index in [1.807, 2.05) is 0 Å². The Morgan fingerprint density at radius 3 is 1.26 bits per heavy atom. The van der Waals surface area contributed by atoms with Gasteiger partial charge in [-0.05, 0) is 102 Å². The molecule has 0 radical (unpaired) electrons. The SMILES string of the molecule is CC(C)(C)Oc1ccc([S+](c2ccccc2)c2ccc(OC(C)(C)C)cc2)cc1.O=S(=O)([O-])CC(F)(F)F. The molecule has 0 aliphatic carbocycles. The summed E-state index contributed by atoms with van der Waals surface area (Å²) < 4.78 is 73.0. The van der Waals surface area contributed by atoms with Crippen LogP contribution in [-0.2, 0) is 21.0 Å². The summed E-state index contributed by atoms with van der Waals surface area (Å²) in [6.45, 7) is 12.4. The van der Waals surface area contributed by atoms with Crippen LogP contribution < -0.4 is 9.47 Å². The first-order chi connectivity index (χ1) is 17.3. The number of rotatable bonds is 6. The van der Waals surface area contributed by atoms with Gasteiger partial charge in [-0.3, -0.25) is 0 Å². The van der Waals surface area contributed by atoms with E-state index in [9.17, 15) is 26.1 Å². The second kappa shape index (κ2) is 12.4. The summed E-state index contributed by atoms with van der Waals surface area (Å²) in [6, 6.07) is 27.6. The monoisotopic (exact) mass is 570 g/mol. The Kier molecular flexibility index (Phi) is 10.3. The van der Waals surface area contributed by atoms with Gasteiger partial charge in [-0.2, -0.15) is 13.2 Å². The molecular weight excluding hydrogens is 537 g/mol. The van der Waals surface area contributed by atoms with Gasteiger partial charge >= 0.3 is 6.18 Å². The van der Waals surface area contributed by atoms with Gasteiger partial charge < -0.3 is 14.0 Å². The van der Waals surface area contributed by atoms with Crippen molar-refractivity contribution in [2.24, 2.45) is 0 Å². The van der Waals surface area contributed by atoms with E-state index in [4.69, 9.17) is 9.47 Å². The minimum Gasteiger partial charge on any atom is -0.748 e. The Bertz CT molecular complexity index is 1190. The summed E-state index contributed by atoms with van der Waals surface area (Å²) in [6.07, 6.45) is -4.92. The second-order valence-corrected chi connectivity index (χ2v) is 13.7. The summed E-state index contributed by atoms with van der Waals surface area (Å²) in [7, 11) is -5.35. The van der Waals surface area contributed by atoms with Gasteiger partial charge in [0.25, 0.3) is 0 Å². The van der Waals surface area contributed by atoms with Crippen molar-refractivity contribution in [3.05, 3.63) is 78.9 Å². The van der Waals surface area contributed by atoms with Crippen molar-refractivity contribution in [2.45, 2.75) is 73.6 Å². The molecular formula is C28H33F3O5S2. The van der Waals surface area contributed by atoms with Crippen molar-refractivity contribution in [2.75, 3.05) is 5.75 Å². The average Bonchev–Trinajstić information content (AvgIpc) is 2.73. The number of halogens is 3. The maximum absolute atomic E-state index is 11.0. The lowest BCUT2D eigenvalue weighted by Crippen LogP contribution is -2.23. The van der Waals surface area contributed by atoms with Crippen LogP contribution in [0.25, 0.3) is 0 Å². The highest BCUT2D eigenvalue weighted by Gasteiger charge is 2.30. The van der Waals surface area contributed by atoms with Gasteiger partial charge in [-0.1, -0.05) is 18.2 Å². The molecule has 0 heterocycles. The summed E-state index contributed by atoms with van der Waals surface area (Å²) in [5, 5.41) is 0. The van der Waals surface area contributed by atoms with Crippen LogP contribution in [0, 0.1) is 0 Å². The fourth-order valence-electron chi connectivity index (χ4n) is 3.16. The van der Waals surface area contributed by atoms with Crippen molar-refractivity contribution < 1.29 is 35.6 Å². The third kappa shape index (κ3) is 12.2. The third-order valence-corrected chi connectivity index (χ3v) is 7.20. The Morgan fingerprint density at radius 2 is 1.00 bits per heavy atom. The highest BCUT2D eigenvalue weighted by Crippen LogP contribution is 2.33. The Balaban J connectivity index is 0.000000484. The van der Waals surface area contributed by atoms with E-state index < -0.39 is 22.0 Å². The first kappa shape index (κ1) is 31.5. The lowest BCUT2D eigenvalue weighted by molar-refractivity contribution is -0.107. The van der Waals surface area contributed by atoms with Crippen molar-refractivity contribution in [1.82, 2.24) is 0 Å². The van der Waals surface area contributed by atoms with Crippen LogP contribution >= 0.6 is 0 Å². The summed E-state index contributed by atoms with van der Waals surface area (Å²) in [5.41, 5.74) is -0.406. The highest BCUT2D eigenvalue weighted by molar-refractivity contribution is 7.97. The second-order valence-electron chi connectivity index (χ2n) is 10.3. The predicted octanol–water partition coefficient (Wildman–Crippen LogP) is 7.23. The Labute approximate surface area is 226 Å². The lowest BCUT2D eigenvalue weighted by atomic mass is 10.2. The van der Waals surface area contributed by atoms with Crippen molar-refractivity contribution in [3.63, 3.8) is 0 Å². The molecule has 0 atom stereocenters. The summed E-state index contributed by atoms with van der Waals surface area (Å²) >= 11 is 0. The third-order valence-electron chi connectivity index (χ3n) is 4.29. The fourth-order valence-corrected chi connectivity index (χ4v) is 5.62. The molecule has 3 aromatic rings. The molecule has 3 aromatic carbocycles. The molecule has 0 N–H and O–H groups in total. The number of ether oxygens (including phenoxy) is 2. The van der Waals surface area contributed by atoms with Gasteiger partial charge in [0.05, 0.1) is 10.9 Å². The Hall–Kier alpha value is -2.69. The largest absolute Gasteiger partial charge is 0.748 e.